The van der Waals surface area contributed by atoms with Gasteiger partial charge in [-0.05, 0) is 6.42 Å². The van der Waals surface area contributed by atoms with Crippen LogP contribution in [0.5, 0.6) is 0 Å². The number of carbonyl (C=O) groups excluding carboxylic acids is 1. The number of fused-ring (bicyclic) bond motifs is 5. The first kappa shape index (κ1) is 7.76. The maximum Gasteiger partial charge on any atom is 0.309 e. The van der Waals surface area contributed by atoms with Crippen molar-refractivity contribution in [3.63, 3.8) is 0 Å². The van der Waals surface area contributed by atoms with Crippen LogP contribution in [0.2, 0.25) is 0 Å². The van der Waals surface area contributed by atoms with Crippen LogP contribution in [0.1, 0.15) is 6.42 Å². The lowest BCUT2D eigenvalue weighted by atomic mass is 9.80. The highest BCUT2D eigenvalue weighted by Gasteiger charge is 2.63. The van der Waals surface area contributed by atoms with Crippen molar-refractivity contribution in [3.8, 4) is 0 Å². The summed E-state index contributed by atoms with van der Waals surface area (Å²) in [7, 11) is 0. The van der Waals surface area contributed by atoms with Crippen molar-refractivity contribution < 1.29 is 19.7 Å². The van der Waals surface area contributed by atoms with Gasteiger partial charge in [-0.3, -0.25) is 4.79 Å². The van der Waals surface area contributed by atoms with Crippen LogP contribution in [0.25, 0.3) is 0 Å². The molecule has 2 aliphatic carbocycles. The Kier molecular flexibility index (Phi) is 1.34. The molecule has 3 rings (SSSR count). The van der Waals surface area contributed by atoms with Crippen molar-refractivity contribution >= 4 is 5.97 Å². The number of ether oxygens (including phenoxy) is 1. The highest BCUT2D eigenvalue weighted by molar-refractivity contribution is 5.76. The molecule has 2 saturated carbocycles. The molecule has 4 nitrogen and oxygen atoms in total. The summed E-state index contributed by atoms with van der Waals surface area (Å²) in [5.74, 6) is -0.426. The van der Waals surface area contributed by atoms with Gasteiger partial charge in [-0.2, -0.15) is 0 Å². The largest absolute Gasteiger partial charge is 0.465 e. The SMILES string of the molecule is O=C1OC[C@H]2[C@@H]1[C@H]1C[C@@H](O)[C@H]2[C@@H]1O. The fourth-order valence-corrected chi connectivity index (χ4v) is 3.38. The molecule has 3 aliphatic rings. The van der Waals surface area contributed by atoms with Crippen LogP contribution in [-0.2, 0) is 9.53 Å². The van der Waals surface area contributed by atoms with Gasteiger partial charge < -0.3 is 14.9 Å². The molecule has 13 heavy (non-hydrogen) atoms. The van der Waals surface area contributed by atoms with Crippen LogP contribution < -0.4 is 0 Å². The maximum absolute atomic E-state index is 11.3. The number of hydrogen-bond acceptors (Lipinski definition) is 4. The predicted octanol–water partition coefficient (Wildman–Crippen LogP) is -0.853. The second-order valence-corrected chi connectivity index (χ2v) is 4.35. The summed E-state index contributed by atoms with van der Waals surface area (Å²) in [5.41, 5.74) is 0. The molecule has 0 aromatic rings. The molecule has 0 unspecified atom stereocenters. The van der Waals surface area contributed by atoms with E-state index < -0.39 is 12.2 Å². The molecular weight excluding hydrogens is 172 g/mol. The third-order valence-electron chi connectivity index (χ3n) is 3.90. The zero-order valence-corrected chi connectivity index (χ0v) is 7.09. The first-order chi connectivity index (χ1) is 6.20. The molecule has 1 heterocycles. The van der Waals surface area contributed by atoms with E-state index in [0.717, 1.165) is 0 Å². The lowest BCUT2D eigenvalue weighted by Gasteiger charge is -2.23. The summed E-state index contributed by atoms with van der Waals surface area (Å²) >= 11 is 0. The summed E-state index contributed by atoms with van der Waals surface area (Å²) < 4.78 is 4.94. The molecular formula is C9H12O4. The van der Waals surface area contributed by atoms with Gasteiger partial charge in [0.1, 0.15) is 0 Å². The van der Waals surface area contributed by atoms with Gasteiger partial charge in [0.15, 0.2) is 0 Å². The van der Waals surface area contributed by atoms with Crippen LogP contribution >= 0.6 is 0 Å². The highest BCUT2D eigenvalue weighted by atomic mass is 16.5. The molecule has 0 aromatic heterocycles. The van der Waals surface area contributed by atoms with Crippen molar-refractivity contribution in [2.45, 2.75) is 18.6 Å². The molecule has 2 bridgehead atoms. The molecule has 4 heteroatoms. The van der Waals surface area contributed by atoms with Gasteiger partial charge in [-0.1, -0.05) is 0 Å². The number of aliphatic hydroxyl groups excluding tert-OH is 2. The zero-order valence-electron chi connectivity index (χ0n) is 7.09. The summed E-state index contributed by atoms with van der Waals surface area (Å²) in [6.45, 7) is 0.388. The topological polar surface area (TPSA) is 66.8 Å². The Hall–Kier alpha value is -0.610. The molecule has 72 valence electrons. The predicted molar refractivity (Wildman–Crippen MR) is 41.5 cm³/mol. The van der Waals surface area contributed by atoms with Crippen molar-refractivity contribution in [2.24, 2.45) is 23.7 Å². The van der Waals surface area contributed by atoms with E-state index in [2.05, 4.69) is 0 Å². The van der Waals surface area contributed by atoms with Gasteiger partial charge in [-0.25, -0.2) is 0 Å². The Balaban J connectivity index is 1.98. The quantitative estimate of drug-likeness (QED) is 0.481. The smallest absolute Gasteiger partial charge is 0.309 e. The van der Waals surface area contributed by atoms with Crippen molar-refractivity contribution in [1.29, 1.82) is 0 Å². The molecule has 1 saturated heterocycles. The first-order valence-electron chi connectivity index (χ1n) is 4.73. The van der Waals surface area contributed by atoms with Gasteiger partial charge >= 0.3 is 5.97 Å². The second-order valence-electron chi connectivity index (χ2n) is 4.35. The normalized spacial score (nSPS) is 58.2. The van der Waals surface area contributed by atoms with Crippen molar-refractivity contribution in [2.75, 3.05) is 6.61 Å². The third-order valence-corrected chi connectivity index (χ3v) is 3.90. The molecule has 0 amide bonds. The second kappa shape index (κ2) is 2.25. The lowest BCUT2D eigenvalue weighted by molar-refractivity contribution is -0.143. The Morgan fingerprint density at radius 1 is 1.31 bits per heavy atom. The van der Waals surface area contributed by atoms with E-state index in [-0.39, 0.29) is 29.6 Å². The molecule has 0 radical (unpaired) electrons. The maximum atomic E-state index is 11.3. The highest BCUT2D eigenvalue weighted by Crippen LogP contribution is 2.55. The van der Waals surface area contributed by atoms with Gasteiger partial charge in [0.05, 0.1) is 24.7 Å². The minimum atomic E-state index is -0.488. The minimum absolute atomic E-state index is 0.0556. The molecule has 0 aromatic carbocycles. The third kappa shape index (κ3) is 0.758. The van der Waals surface area contributed by atoms with E-state index in [1.165, 1.54) is 0 Å². The van der Waals surface area contributed by atoms with Crippen LogP contribution in [0, 0.1) is 23.7 Å². The molecule has 1 aliphatic heterocycles. The van der Waals surface area contributed by atoms with Gasteiger partial charge in [-0.15, -0.1) is 0 Å². The Bertz CT molecular complexity index is 262. The lowest BCUT2D eigenvalue weighted by Crippen LogP contribution is -2.31. The first-order valence-corrected chi connectivity index (χ1v) is 4.73. The summed E-state index contributed by atoms with van der Waals surface area (Å²) in [5, 5.41) is 19.4. The van der Waals surface area contributed by atoms with Crippen molar-refractivity contribution in [1.82, 2.24) is 0 Å². The number of aliphatic hydroxyl groups is 2. The van der Waals surface area contributed by atoms with Crippen LogP contribution in [0.3, 0.4) is 0 Å². The van der Waals surface area contributed by atoms with E-state index >= 15 is 0 Å². The van der Waals surface area contributed by atoms with Crippen LogP contribution in [-0.4, -0.2) is 35.0 Å². The average Bonchev–Trinajstić information content (AvgIpc) is 2.64. The number of hydrogen-bond donors (Lipinski definition) is 2. The van der Waals surface area contributed by atoms with E-state index in [1.54, 1.807) is 0 Å². The van der Waals surface area contributed by atoms with Gasteiger partial charge in [0.2, 0.25) is 0 Å². The summed E-state index contributed by atoms with van der Waals surface area (Å²) in [4.78, 5) is 11.3. The molecule has 3 fully saturated rings. The van der Waals surface area contributed by atoms with Gasteiger partial charge in [0.25, 0.3) is 0 Å². The van der Waals surface area contributed by atoms with Crippen molar-refractivity contribution in [3.05, 3.63) is 0 Å². The van der Waals surface area contributed by atoms with Gasteiger partial charge in [0, 0.05) is 17.8 Å². The van der Waals surface area contributed by atoms with E-state index in [4.69, 9.17) is 4.74 Å². The van der Waals surface area contributed by atoms with Crippen LogP contribution in [0.4, 0.5) is 0 Å². The number of cyclic esters (lactones) is 1. The number of esters is 1. The molecule has 0 spiro atoms. The monoisotopic (exact) mass is 184 g/mol. The van der Waals surface area contributed by atoms with E-state index in [1.807, 2.05) is 0 Å². The van der Waals surface area contributed by atoms with E-state index in [0.29, 0.717) is 13.0 Å². The minimum Gasteiger partial charge on any atom is -0.465 e. The number of rotatable bonds is 0. The average molecular weight is 184 g/mol. The Morgan fingerprint density at radius 3 is 2.85 bits per heavy atom. The molecule has 6 atom stereocenters. The Labute approximate surface area is 75.5 Å². The molecule has 2 N–H and O–H groups in total. The standard InChI is InChI=1S/C9H12O4/c10-5-1-3-6-4(2-13-9(6)12)7(5)8(3)11/h3-8,10-11H,1-2H2/t3-,4+,5-,6+,7+,8-/m1/s1. The number of carbonyl (C=O) groups is 1. The summed E-state index contributed by atoms with van der Waals surface area (Å²) in [6.07, 6.45) is -0.365. The fourth-order valence-electron chi connectivity index (χ4n) is 3.38. The summed E-state index contributed by atoms with van der Waals surface area (Å²) in [6, 6.07) is 0. The Morgan fingerprint density at radius 2 is 2.08 bits per heavy atom. The van der Waals surface area contributed by atoms with Crippen LogP contribution in [0.15, 0.2) is 0 Å². The van der Waals surface area contributed by atoms with E-state index in [9.17, 15) is 15.0 Å². The fraction of sp³-hybridized carbons (Fsp3) is 0.889. The zero-order chi connectivity index (χ0) is 9.16.